The number of aliphatic hydroxyl groups excluding tert-OH is 1. The molecule has 122 valence electrons. The second-order valence-electron chi connectivity index (χ2n) is 5.08. The van der Waals surface area contributed by atoms with Crippen LogP contribution in [0.2, 0.25) is 0 Å². The molecule has 0 aliphatic heterocycles. The third-order valence-corrected chi connectivity index (χ3v) is 3.35. The molecule has 23 heavy (non-hydrogen) atoms. The highest BCUT2D eigenvalue weighted by Gasteiger charge is 2.13. The van der Waals surface area contributed by atoms with Crippen LogP contribution in [-0.4, -0.2) is 24.4 Å². The van der Waals surface area contributed by atoms with Gasteiger partial charge in [-0.05, 0) is 30.2 Å². The van der Waals surface area contributed by atoms with Crippen molar-refractivity contribution >= 4 is 11.7 Å². The average molecular weight is 314 g/mol. The smallest absolute Gasteiger partial charge is 0.319 e. The zero-order valence-corrected chi connectivity index (χ0v) is 13.2. The summed E-state index contributed by atoms with van der Waals surface area (Å²) in [4.78, 5) is 12.1. The second-order valence-corrected chi connectivity index (χ2v) is 5.08. The van der Waals surface area contributed by atoms with Crippen LogP contribution < -0.4 is 10.6 Å². The van der Waals surface area contributed by atoms with Gasteiger partial charge in [-0.1, -0.05) is 42.5 Å². The first kappa shape index (κ1) is 17.0. The summed E-state index contributed by atoms with van der Waals surface area (Å²) >= 11 is 0. The number of rotatable bonds is 7. The molecule has 0 bridgehead atoms. The minimum absolute atomic E-state index is 0.165. The number of benzene rings is 2. The summed E-state index contributed by atoms with van der Waals surface area (Å²) in [6, 6.07) is 16.0. The second kappa shape index (κ2) is 8.92. The molecular formula is C18H22N2O3. The minimum Gasteiger partial charge on any atom is -0.394 e. The Morgan fingerprint density at radius 2 is 1.96 bits per heavy atom. The number of anilines is 1. The Morgan fingerprint density at radius 1 is 1.17 bits per heavy atom. The van der Waals surface area contributed by atoms with Crippen molar-refractivity contribution in [2.45, 2.75) is 19.6 Å². The monoisotopic (exact) mass is 314 g/mol. The summed E-state index contributed by atoms with van der Waals surface area (Å²) in [5, 5.41) is 15.0. The van der Waals surface area contributed by atoms with E-state index < -0.39 is 6.04 Å². The molecule has 0 heterocycles. The average Bonchev–Trinajstić information content (AvgIpc) is 2.59. The third kappa shape index (κ3) is 5.39. The van der Waals surface area contributed by atoms with E-state index in [9.17, 15) is 9.90 Å². The van der Waals surface area contributed by atoms with Gasteiger partial charge < -0.3 is 20.5 Å². The molecule has 2 rings (SSSR count). The van der Waals surface area contributed by atoms with Crippen LogP contribution in [0.4, 0.5) is 10.5 Å². The highest BCUT2D eigenvalue weighted by Crippen LogP contribution is 2.14. The molecule has 2 aromatic rings. The summed E-state index contributed by atoms with van der Waals surface area (Å²) < 4.78 is 5.36. The molecule has 2 aromatic carbocycles. The Labute approximate surface area is 136 Å². The van der Waals surface area contributed by atoms with Crippen molar-refractivity contribution in [2.75, 3.05) is 18.5 Å². The molecule has 0 fully saturated rings. The van der Waals surface area contributed by atoms with Gasteiger partial charge in [-0.3, -0.25) is 0 Å². The van der Waals surface area contributed by atoms with E-state index in [4.69, 9.17) is 4.74 Å². The lowest BCUT2D eigenvalue weighted by Crippen LogP contribution is -2.34. The Hall–Kier alpha value is -2.37. The van der Waals surface area contributed by atoms with Gasteiger partial charge in [0.15, 0.2) is 0 Å². The number of carbonyl (C=O) groups is 1. The molecule has 5 heteroatoms. The molecule has 0 saturated carbocycles. The number of nitrogens with one attached hydrogen (secondary N) is 2. The number of carbonyl (C=O) groups excluding carboxylic acids is 1. The molecule has 3 N–H and O–H groups in total. The van der Waals surface area contributed by atoms with Crippen LogP contribution in [0.3, 0.4) is 0 Å². The molecule has 5 nitrogen and oxygen atoms in total. The number of aliphatic hydroxyl groups is 1. The van der Waals surface area contributed by atoms with Crippen molar-refractivity contribution in [3.05, 3.63) is 65.7 Å². The molecule has 0 radical (unpaired) electrons. The number of hydrogen-bond donors (Lipinski definition) is 3. The van der Waals surface area contributed by atoms with E-state index in [2.05, 4.69) is 10.6 Å². The lowest BCUT2D eigenvalue weighted by Gasteiger charge is -2.17. The van der Waals surface area contributed by atoms with E-state index in [1.54, 1.807) is 0 Å². The van der Waals surface area contributed by atoms with Gasteiger partial charge in [-0.15, -0.1) is 0 Å². The van der Waals surface area contributed by atoms with E-state index >= 15 is 0 Å². The topological polar surface area (TPSA) is 70.6 Å². The van der Waals surface area contributed by atoms with Gasteiger partial charge in [0.05, 0.1) is 19.3 Å². The van der Waals surface area contributed by atoms with Crippen LogP contribution in [0.15, 0.2) is 54.6 Å². The SMILES string of the molecule is CCOCc1cccc(NC(=O)NC(CO)c2ccccc2)c1. The maximum Gasteiger partial charge on any atom is 0.319 e. The van der Waals surface area contributed by atoms with Crippen LogP contribution in [0.5, 0.6) is 0 Å². The number of urea groups is 1. The molecule has 0 saturated heterocycles. The predicted molar refractivity (Wildman–Crippen MR) is 90.2 cm³/mol. The zero-order valence-electron chi connectivity index (χ0n) is 13.2. The van der Waals surface area contributed by atoms with Gasteiger partial charge in [-0.25, -0.2) is 4.79 Å². The fraction of sp³-hybridized carbons (Fsp3) is 0.278. The first-order valence-corrected chi connectivity index (χ1v) is 7.63. The molecule has 1 unspecified atom stereocenters. The molecular weight excluding hydrogens is 292 g/mol. The molecule has 0 aliphatic rings. The van der Waals surface area contributed by atoms with Crippen molar-refractivity contribution < 1.29 is 14.6 Å². The molecule has 0 spiro atoms. The van der Waals surface area contributed by atoms with E-state index in [0.717, 1.165) is 11.1 Å². The van der Waals surface area contributed by atoms with Crippen LogP contribution in [0.25, 0.3) is 0 Å². The fourth-order valence-corrected chi connectivity index (χ4v) is 2.20. The number of amides is 2. The highest BCUT2D eigenvalue weighted by atomic mass is 16.5. The van der Waals surface area contributed by atoms with Crippen molar-refractivity contribution in [3.63, 3.8) is 0 Å². The summed E-state index contributed by atoms with van der Waals surface area (Å²) in [7, 11) is 0. The highest BCUT2D eigenvalue weighted by molar-refractivity contribution is 5.89. The summed E-state index contributed by atoms with van der Waals surface area (Å²) in [6.07, 6.45) is 0. The fourth-order valence-electron chi connectivity index (χ4n) is 2.20. The van der Waals surface area contributed by atoms with Crippen molar-refractivity contribution in [2.24, 2.45) is 0 Å². The zero-order chi connectivity index (χ0) is 16.5. The standard InChI is InChI=1S/C18H22N2O3/c1-2-23-13-14-7-6-10-16(11-14)19-18(22)20-17(12-21)15-8-4-3-5-9-15/h3-11,17,21H,2,12-13H2,1H3,(H2,19,20,22). The lowest BCUT2D eigenvalue weighted by molar-refractivity contribution is 0.134. The van der Waals surface area contributed by atoms with Crippen LogP contribution in [0, 0.1) is 0 Å². The van der Waals surface area contributed by atoms with Gasteiger partial charge in [0.1, 0.15) is 0 Å². The van der Waals surface area contributed by atoms with E-state index in [0.29, 0.717) is 18.9 Å². The summed E-state index contributed by atoms with van der Waals surface area (Å²) in [5.74, 6) is 0. The van der Waals surface area contributed by atoms with Crippen molar-refractivity contribution in [1.82, 2.24) is 5.32 Å². The van der Waals surface area contributed by atoms with E-state index in [1.165, 1.54) is 0 Å². The molecule has 2 amide bonds. The summed E-state index contributed by atoms with van der Waals surface area (Å²) in [5.41, 5.74) is 2.53. The third-order valence-electron chi connectivity index (χ3n) is 3.35. The van der Waals surface area contributed by atoms with Gasteiger partial charge in [0, 0.05) is 12.3 Å². The molecule has 1 atom stereocenters. The number of ether oxygens (including phenoxy) is 1. The van der Waals surface area contributed by atoms with Crippen molar-refractivity contribution in [1.29, 1.82) is 0 Å². The van der Waals surface area contributed by atoms with Crippen LogP contribution in [-0.2, 0) is 11.3 Å². The first-order valence-electron chi connectivity index (χ1n) is 7.63. The van der Waals surface area contributed by atoms with Gasteiger partial charge in [-0.2, -0.15) is 0 Å². The summed E-state index contributed by atoms with van der Waals surface area (Å²) in [6.45, 7) is 2.93. The normalized spacial score (nSPS) is 11.7. The Kier molecular flexibility index (Phi) is 6.59. The maximum atomic E-state index is 12.1. The van der Waals surface area contributed by atoms with Crippen molar-refractivity contribution in [3.8, 4) is 0 Å². The lowest BCUT2D eigenvalue weighted by atomic mass is 10.1. The number of hydrogen-bond acceptors (Lipinski definition) is 3. The molecule has 0 aromatic heterocycles. The first-order chi connectivity index (χ1) is 11.2. The van der Waals surface area contributed by atoms with E-state index in [-0.39, 0.29) is 12.6 Å². The largest absolute Gasteiger partial charge is 0.394 e. The van der Waals surface area contributed by atoms with Gasteiger partial charge >= 0.3 is 6.03 Å². The Bertz CT molecular complexity index is 617. The van der Waals surface area contributed by atoms with E-state index in [1.807, 2.05) is 61.5 Å². The van der Waals surface area contributed by atoms with Gasteiger partial charge in [0.2, 0.25) is 0 Å². The maximum absolute atomic E-state index is 12.1. The Balaban J connectivity index is 1.96. The molecule has 0 aliphatic carbocycles. The van der Waals surface area contributed by atoms with Crippen LogP contribution in [0.1, 0.15) is 24.1 Å². The quantitative estimate of drug-likeness (QED) is 0.735. The predicted octanol–water partition coefficient (Wildman–Crippen LogP) is 3.08. The van der Waals surface area contributed by atoms with Crippen LogP contribution >= 0.6 is 0 Å². The van der Waals surface area contributed by atoms with Gasteiger partial charge in [0.25, 0.3) is 0 Å². The minimum atomic E-state index is -0.442. The Morgan fingerprint density at radius 3 is 2.65 bits per heavy atom.